The molecule has 3 aliphatic rings. The van der Waals surface area contributed by atoms with Gasteiger partial charge >= 0.3 is 5.97 Å². The third kappa shape index (κ3) is 16.1. The summed E-state index contributed by atoms with van der Waals surface area (Å²) in [6.45, 7) is 30.6. The lowest BCUT2D eigenvalue weighted by molar-refractivity contribution is -0.318. The quantitative estimate of drug-likeness (QED) is 0.0490. The van der Waals surface area contributed by atoms with E-state index in [2.05, 4.69) is 96.1 Å². The van der Waals surface area contributed by atoms with E-state index in [1.807, 2.05) is 39.8 Å². The standard InChI is InChI=1S/C68H108N2O13P/c1-20-56-68(16,77)61(73)50(12)70(57(71)25-23-21-22-24-26-84(52-30-40(2)27-41(3)31-52,53-32-42(4)28-43(5)33-53)54-34-44(6)29-45(7)35-54)39-46(8)37-66(14,76)63(83-65-59(72)55(69(17)18)36-47(9)79-65)48(10)60(49(11)64(75)81-56)82-58-38-67(15,78-19)62(74)51(13)80-58/h27-35,46-51,55-56,58-63,65,72-74,76-77H,20-26,36-39H2,1-19H3/q+1/t46-,47-,48+,49-,50-,51+,55+,56-,58+,59-,60+,61-,62+,63-,65+,66-,67-,68-/m1/s1. The van der Waals surface area contributed by atoms with Crippen molar-refractivity contribution in [3.05, 3.63) is 88.0 Å². The molecular weight excluding hydrogens is 1080 g/mol. The van der Waals surface area contributed by atoms with Gasteiger partial charge in [-0.1, -0.05) is 45.4 Å². The number of hydrogen-bond donors (Lipinski definition) is 5. The van der Waals surface area contributed by atoms with Gasteiger partial charge < -0.3 is 63.8 Å². The number of hydrogen-bond acceptors (Lipinski definition) is 14. The van der Waals surface area contributed by atoms with Crippen molar-refractivity contribution < 1.29 is 63.5 Å². The van der Waals surface area contributed by atoms with Gasteiger partial charge in [0.15, 0.2) is 12.6 Å². The van der Waals surface area contributed by atoms with Gasteiger partial charge in [0.2, 0.25) is 5.91 Å². The second-order valence-electron chi connectivity index (χ2n) is 27.0. The molecule has 84 heavy (non-hydrogen) atoms. The van der Waals surface area contributed by atoms with Crippen LogP contribution in [-0.4, -0.2) is 171 Å². The lowest BCUT2D eigenvalue weighted by Crippen LogP contribution is -2.60. The van der Waals surface area contributed by atoms with Crippen LogP contribution >= 0.6 is 7.26 Å². The van der Waals surface area contributed by atoms with E-state index in [-0.39, 0.29) is 50.3 Å². The third-order valence-corrected chi connectivity index (χ3v) is 23.2. The van der Waals surface area contributed by atoms with Crippen LogP contribution in [0.1, 0.15) is 160 Å². The number of cyclic esters (lactones) is 1. The predicted molar refractivity (Wildman–Crippen MR) is 335 cm³/mol. The van der Waals surface area contributed by atoms with Crippen LogP contribution in [0.2, 0.25) is 0 Å². The van der Waals surface area contributed by atoms with Crippen LogP contribution in [0.15, 0.2) is 54.6 Å². The molecule has 6 rings (SSSR count). The van der Waals surface area contributed by atoms with Gasteiger partial charge in [-0.25, -0.2) is 0 Å². The molecule has 3 aromatic carbocycles. The molecule has 0 radical (unpaired) electrons. The van der Waals surface area contributed by atoms with E-state index >= 15 is 0 Å². The molecule has 0 bridgehead atoms. The summed E-state index contributed by atoms with van der Waals surface area (Å²) in [5, 5.41) is 65.2. The van der Waals surface area contributed by atoms with Crippen LogP contribution in [0.4, 0.5) is 0 Å². The summed E-state index contributed by atoms with van der Waals surface area (Å²) in [6.07, 6.45) is -5.32. The van der Waals surface area contributed by atoms with Crippen molar-refractivity contribution in [2.45, 2.75) is 259 Å². The molecule has 3 aliphatic heterocycles. The molecule has 15 nitrogen and oxygen atoms in total. The Bertz CT molecular complexity index is 2480. The summed E-state index contributed by atoms with van der Waals surface area (Å²) < 4.78 is 38.5. The minimum absolute atomic E-state index is 0.0563. The molecule has 0 spiro atoms. The Morgan fingerprint density at radius 2 is 1.24 bits per heavy atom. The summed E-state index contributed by atoms with van der Waals surface area (Å²) in [6, 6.07) is 19.8. The minimum atomic E-state index is -2.19. The van der Waals surface area contributed by atoms with E-state index in [9.17, 15) is 35.1 Å². The molecule has 472 valence electrons. The summed E-state index contributed by atoms with van der Waals surface area (Å²) in [7, 11) is 3.09. The monoisotopic (exact) mass is 1190 g/mol. The second-order valence-corrected chi connectivity index (χ2v) is 30.6. The van der Waals surface area contributed by atoms with Crippen molar-refractivity contribution in [2.24, 2.45) is 17.8 Å². The maximum Gasteiger partial charge on any atom is 0.311 e. The van der Waals surface area contributed by atoms with E-state index in [4.69, 9.17) is 28.4 Å². The van der Waals surface area contributed by atoms with Gasteiger partial charge in [0, 0.05) is 38.5 Å². The number of aliphatic hydroxyl groups is 5. The van der Waals surface area contributed by atoms with Gasteiger partial charge in [-0.3, -0.25) is 9.59 Å². The molecule has 16 heteroatoms. The highest BCUT2D eigenvalue weighted by Crippen LogP contribution is 2.57. The SMILES string of the molecule is CC[C@H]1OC(=O)[C@H](C)[C@@H](O[C@H]2C[C@@](C)(OC)[C@@H](O)[C@H](C)O2)[C@H](C)[C@@H](O[C@@H]2O[C@H](C)C[C@H](N(C)C)[C@H]2O)[C@](C)(O)C[C@@H](C)CN(C(=O)CCCCCC[P+](c2cc(C)cc(C)c2)(c2cc(C)cc(C)c2)c2cc(C)cc(C)c2)[C@H](C)[C@@H](O)[C@]1(C)O. The molecule has 0 saturated carbocycles. The first-order valence-electron chi connectivity index (χ1n) is 31.2. The third-order valence-electron chi connectivity index (χ3n) is 18.8. The first-order valence-corrected chi connectivity index (χ1v) is 33.1. The average Bonchev–Trinajstić information content (AvgIpc) is 1.13. The Kier molecular flexibility index (Phi) is 23.9. The molecule has 3 saturated heterocycles. The van der Waals surface area contributed by atoms with Crippen molar-refractivity contribution in [1.82, 2.24) is 9.80 Å². The number of amides is 1. The predicted octanol–water partition coefficient (Wildman–Crippen LogP) is 8.59. The Morgan fingerprint density at radius 1 is 0.726 bits per heavy atom. The maximum absolute atomic E-state index is 15.0. The van der Waals surface area contributed by atoms with Crippen LogP contribution < -0.4 is 15.9 Å². The number of benzene rings is 3. The van der Waals surface area contributed by atoms with Crippen molar-refractivity contribution >= 4 is 35.1 Å². The van der Waals surface area contributed by atoms with Crippen LogP contribution in [0.3, 0.4) is 0 Å². The highest BCUT2D eigenvalue weighted by Gasteiger charge is 2.54. The fraction of sp³-hybridized carbons (Fsp3) is 0.706. The Morgan fingerprint density at radius 3 is 1.73 bits per heavy atom. The zero-order chi connectivity index (χ0) is 62.6. The van der Waals surface area contributed by atoms with Crippen molar-refractivity contribution in [3.8, 4) is 0 Å². The van der Waals surface area contributed by atoms with E-state index in [1.54, 1.807) is 46.4 Å². The van der Waals surface area contributed by atoms with Crippen LogP contribution in [-0.2, 0) is 38.0 Å². The summed E-state index contributed by atoms with van der Waals surface area (Å²) in [5.74, 6) is -3.35. The minimum Gasteiger partial charge on any atom is -0.459 e. The number of rotatable bonds is 17. The average molecular weight is 1190 g/mol. The first kappa shape index (κ1) is 69.7. The molecule has 3 heterocycles. The van der Waals surface area contributed by atoms with Gasteiger partial charge in [-0.05, 0) is 218 Å². The van der Waals surface area contributed by atoms with Crippen molar-refractivity contribution in [2.75, 3.05) is 33.9 Å². The molecule has 18 atom stereocenters. The maximum atomic E-state index is 15.0. The molecule has 3 fully saturated rings. The number of carbonyl (C=O) groups is 2. The van der Waals surface area contributed by atoms with Crippen LogP contribution in [0.25, 0.3) is 0 Å². The smallest absolute Gasteiger partial charge is 0.311 e. The van der Waals surface area contributed by atoms with E-state index in [0.717, 1.165) is 25.4 Å². The number of esters is 1. The molecule has 0 aliphatic carbocycles. The van der Waals surface area contributed by atoms with Crippen molar-refractivity contribution in [1.29, 1.82) is 0 Å². The number of ether oxygens (including phenoxy) is 6. The van der Waals surface area contributed by atoms with Crippen LogP contribution in [0.5, 0.6) is 0 Å². The van der Waals surface area contributed by atoms with Gasteiger partial charge in [-0.2, -0.15) is 0 Å². The second kappa shape index (κ2) is 28.8. The number of methoxy groups -OCH3 is 1. The van der Waals surface area contributed by atoms with Gasteiger partial charge in [0.1, 0.15) is 53.2 Å². The number of aliphatic hydroxyl groups excluding tert-OH is 3. The molecule has 0 unspecified atom stereocenters. The van der Waals surface area contributed by atoms with E-state index in [0.29, 0.717) is 12.8 Å². The number of aryl methyl sites for hydroxylation is 6. The first-order chi connectivity index (χ1) is 39.2. The number of carbonyl (C=O) groups excluding carboxylic acids is 2. The summed E-state index contributed by atoms with van der Waals surface area (Å²) in [5.41, 5.74) is 2.60. The number of unbranched alkanes of at least 4 members (excludes halogenated alkanes) is 3. The zero-order valence-corrected chi connectivity index (χ0v) is 55.4. The van der Waals surface area contributed by atoms with Gasteiger partial charge in [-0.15, -0.1) is 0 Å². The fourth-order valence-corrected chi connectivity index (χ4v) is 19.2. The van der Waals surface area contributed by atoms with Gasteiger partial charge in [0.05, 0.1) is 53.7 Å². The molecular formula is C68H108N2O13P+. The lowest BCUT2D eigenvalue weighted by Gasteiger charge is -2.48. The topological polar surface area (TPSA) is 197 Å². The summed E-state index contributed by atoms with van der Waals surface area (Å²) in [4.78, 5) is 33.3. The normalized spacial score (nSPS) is 35.1. The highest BCUT2D eigenvalue weighted by atomic mass is 31.2. The molecule has 5 N–H and O–H groups in total. The number of likely N-dealkylation sites (N-methyl/N-ethyl adjacent to an activating group) is 1. The lowest BCUT2D eigenvalue weighted by atomic mass is 9.77. The fourth-order valence-electron chi connectivity index (χ4n) is 14.3. The zero-order valence-electron chi connectivity index (χ0n) is 54.5. The molecule has 3 aromatic rings. The van der Waals surface area contributed by atoms with Gasteiger partial charge in [0.25, 0.3) is 0 Å². The van der Waals surface area contributed by atoms with Crippen molar-refractivity contribution in [3.63, 3.8) is 0 Å². The van der Waals surface area contributed by atoms with E-state index in [1.165, 1.54) is 63.3 Å². The Hall–Kier alpha value is -3.41. The number of nitrogens with zero attached hydrogens (tertiary/aromatic N) is 2. The molecule has 0 aromatic heterocycles. The highest BCUT2D eigenvalue weighted by molar-refractivity contribution is 7.95. The largest absolute Gasteiger partial charge is 0.459 e. The molecule has 1 amide bonds. The Labute approximate surface area is 504 Å². The summed E-state index contributed by atoms with van der Waals surface area (Å²) >= 11 is 0. The van der Waals surface area contributed by atoms with E-state index < -0.39 is 109 Å². The Balaban J connectivity index is 1.32. The van der Waals surface area contributed by atoms with Crippen LogP contribution in [0, 0.1) is 59.3 Å².